The summed E-state index contributed by atoms with van der Waals surface area (Å²) < 4.78 is 10.9. The Bertz CT molecular complexity index is 1110. The van der Waals surface area contributed by atoms with Gasteiger partial charge in [-0.2, -0.15) is 0 Å². The van der Waals surface area contributed by atoms with Crippen LogP contribution in [0.1, 0.15) is 36.1 Å². The van der Waals surface area contributed by atoms with E-state index in [1.54, 1.807) is 31.2 Å². The summed E-state index contributed by atoms with van der Waals surface area (Å²) in [4.78, 5) is 30.2. The second-order valence-electron chi connectivity index (χ2n) is 8.83. The van der Waals surface area contributed by atoms with Crippen LogP contribution < -0.4 is 4.74 Å². The molecular weight excluding hydrogens is 448 g/mol. The first-order valence-corrected chi connectivity index (χ1v) is 12.0. The van der Waals surface area contributed by atoms with Crippen molar-refractivity contribution in [3.05, 3.63) is 64.7 Å². The molecule has 0 unspecified atom stereocenters. The minimum Gasteiger partial charge on any atom is -0.507 e. The van der Waals surface area contributed by atoms with Crippen molar-refractivity contribution in [3.8, 4) is 11.5 Å². The van der Waals surface area contributed by atoms with Gasteiger partial charge >= 0.3 is 0 Å². The number of carbonyl (C=O) groups excluding carboxylic acids is 2. The van der Waals surface area contributed by atoms with Gasteiger partial charge in [0.1, 0.15) is 5.76 Å². The number of Topliss-reactive ketones (excluding diaryl/α,β-unsaturated/α-hetero) is 1. The van der Waals surface area contributed by atoms with Crippen molar-refractivity contribution in [3.63, 3.8) is 0 Å². The van der Waals surface area contributed by atoms with Gasteiger partial charge in [-0.1, -0.05) is 35.9 Å². The van der Waals surface area contributed by atoms with Crippen molar-refractivity contribution >= 4 is 17.4 Å². The van der Waals surface area contributed by atoms with Gasteiger partial charge in [-0.25, -0.2) is 0 Å². The molecule has 4 rings (SSSR count). The number of ketones is 1. The number of benzene rings is 2. The van der Waals surface area contributed by atoms with Crippen LogP contribution in [-0.4, -0.2) is 77.7 Å². The lowest BCUT2D eigenvalue weighted by Gasteiger charge is -2.29. The highest BCUT2D eigenvalue weighted by Gasteiger charge is 2.46. The number of hydrogen-bond donors (Lipinski definition) is 2. The van der Waals surface area contributed by atoms with Gasteiger partial charge in [-0.05, 0) is 38.0 Å². The molecule has 0 aliphatic carbocycles. The number of phenolic OH excluding ortho intramolecular Hbond substituents is 1. The number of carbonyl (C=O) groups is 2. The standard InChI is InChI=1S/C27H32N2O6/c1-3-35-22-17-20(9-10-21(22)30)24-23(25(31)19-7-5-18(2)6-8-19)26(32)27(33)29(24)12-4-11-28-13-15-34-16-14-28/h5-10,17,24,30-31H,3-4,11-16H2,1-2H3/t24-/m1/s1. The van der Waals surface area contributed by atoms with E-state index in [0.717, 1.165) is 25.2 Å². The van der Waals surface area contributed by atoms with Gasteiger partial charge in [-0.3, -0.25) is 14.5 Å². The van der Waals surface area contributed by atoms with Crippen LogP contribution in [0.3, 0.4) is 0 Å². The molecule has 186 valence electrons. The number of aromatic hydroxyl groups is 1. The Balaban J connectivity index is 1.71. The Morgan fingerprint density at radius 1 is 1.09 bits per heavy atom. The van der Waals surface area contributed by atoms with Gasteiger partial charge in [0.2, 0.25) is 0 Å². The summed E-state index contributed by atoms with van der Waals surface area (Å²) in [5.74, 6) is -1.34. The molecule has 2 fully saturated rings. The Morgan fingerprint density at radius 3 is 2.49 bits per heavy atom. The molecule has 0 bridgehead atoms. The minimum absolute atomic E-state index is 0.0293. The van der Waals surface area contributed by atoms with Crippen LogP contribution in [0.2, 0.25) is 0 Å². The molecule has 2 aliphatic heterocycles. The minimum atomic E-state index is -0.791. The third-order valence-corrected chi connectivity index (χ3v) is 6.44. The van der Waals surface area contributed by atoms with E-state index in [4.69, 9.17) is 9.47 Å². The molecule has 0 aromatic heterocycles. The SMILES string of the molecule is CCOc1cc([C@@H]2C(=C(O)c3ccc(C)cc3)C(=O)C(=O)N2CCCN2CCOCC2)ccc1O. The molecule has 8 heteroatoms. The zero-order chi connectivity index (χ0) is 24.9. The number of hydrogen-bond acceptors (Lipinski definition) is 7. The molecule has 2 saturated heterocycles. The summed E-state index contributed by atoms with van der Waals surface area (Å²) >= 11 is 0. The topological polar surface area (TPSA) is 99.5 Å². The van der Waals surface area contributed by atoms with Crippen LogP contribution in [0.25, 0.3) is 5.76 Å². The molecule has 2 N–H and O–H groups in total. The van der Waals surface area contributed by atoms with Crippen molar-refractivity contribution in [1.82, 2.24) is 9.80 Å². The van der Waals surface area contributed by atoms with Crippen molar-refractivity contribution in [2.75, 3.05) is 46.0 Å². The van der Waals surface area contributed by atoms with Gasteiger partial charge in [0, 0.05) is 31.7 Å². The second-order valence-corrected chi connectivity index (χ2v) is 8.83. The number of rotatable bonds is 8. The molecule has 1 amide bonds. The summed E-state index contributed by atoms with van der Waals surface area (Å²) in [6, 6.07) is 11.1. The number of aryl methyl sites for hydroxylation is 1. The van der Waals surface area contributed by atoms with Gasteiger partial charge in [0.15, 0.2) is 11.5 Å². The fraction of sp³-hybridized carbons (Fsp3) is 0.407. The lowest BCUT2D eigenvalue weighted by Crippen LogP contribution is -2.38. The predicted octanol–water partition coefficient (Wildman–Crippen LogP) is 3.24. The normalized spacial score (nSPS) is 20.4. The lowest BCUT2D eigenvalue weighted by molar-refractivity contribution is -0.140. The number of ether oxygens (including phenoxy) is 2. The summed E-state index contributed by atoms with van der Waals surface area (Å²) in [6.07, 6.45) is 0.671. The maximum Gasteiger partial charge on any atom is 0.295 e. The van der Waals surface area contributed by atoms with Crippen molar-refractivity contribution in [2.45, 2.75) is 26.3 Å². The lowest BCUT2D eigenvalue weighted by atomic mass is 9.94. The van der Waals surface area contributed by atoms with Crippen LogP contribution in [-0.2, 0) is 14.3 Å². The van der Waals surface area contributed by atoms with Crippen LogP contribution in [0.4, 0.5) is 0 Å². The summed E-state index contributed by atoms with van der Waals surface area (Å²) in [6.45, 7) is 8.27. The van der Waals surface area contributed by atoms with Crippen LogP contribution >= 0.6 is 0 Å². The van der Waals surface area contributed by atoms with Crippen molar-refractivity contribution in [1.29, 1.82) is 0 Å². The van der Waals surface area contributed by atoms with Gasteiger partial charge in [0.25, 0.3) is 11.7 Å². The Kier molecular flexibility index (Phi) is 7.73. The number of phenols is 1. The third-order valence-electron chi connectivity index (χ3n) is 6.44. The predicted molar refractivity (Wildman–Crippen MR) is 131 cm³/mol. The summed E-state index contributed by atoms with van der Waals surface area (Å²) in [5.41, 5.74) is 2.11. The fourth-order valence-corrected chi connectivity index (χ4v) is 4.59. The Labute approximate surface area is 205 Å². The molecule has 0 saturated carbocycles. The molecule has 8 nitrogen and oxygen atoms in total. The highest BCUT2D eigenvalue weighted by atomic mass is 16.5. The average molecular weight is 481 g/mol. The number of likely N-dealkylation sites (tertiary alicyclic amines) is 1. The Hall–Kier alpha value is -3.36. The molecule has 2 aromatic carbocycles. The van der Waals surface area contributed by atoms with Gasteiger partial charge in [0.05, 0.1) is 31.4 Å². The van der Waals surface area contributed by atoms with Crippen LogP contribution in [0, 0.1) is 6.92 Å². The maximum absolute atomic E-state index is 13.2. The molecular formula is C27H32N2O6. The van der Waals surface area contributed by atoms with E-state index < -0.39 is 17.7 Å². The Morgan fingerprint density at radius 2 is 1.80 bits per heavy atom. The number of aliphatic hydroxyl groups excluding tert-OH is 1. The molecule has 2 heterocycles. The van der Waals surface area contributed by atoms with E-state index >= 15 is 0 Å². The fourth-order valence-electron chi connectivity index (χ4n) is 4.59. The van der Waals surface area contributed by atoms with Crippen LogP contribution in [0.15, 0.2) is 48.0 Å². The third kappa shape index (κ3) is 5.33. The van der Waals surface area contributed by atoms with Crippen molar-refractivity contribution in [2.24, 2.45) is 0 Å². The molecule has 2 aromatic rings. The average Bonchev–Trinajstić information content (AvgIpc) is 3.11. The highest BCUT2D eigenvalue weighted by molar-refractivity contribution is 6.46. The van der Waals surface area contributed by atoms with E-state index in [0.29, 0.717) is 43.9 Å². The zero-order valence-electron chi connectivity index (χ0n) is 20.2. The van der Waals surface area contributed by atoms with Gasteiger partial charge in [-0.15, -0.1) is 0 Å². The first-order valence-electron chi connectivity index (χ1n) is 12.0. The number of aliphatic hydroxyl groups is 1. The number of amides is 1. The number of nitrogens with zero attached hydrogens (tertiary/aromatic N) is 2. The molecule has 2 aliphatic rings. The van der Waals surface area contributed by atoms with Crippen LogP contribution in [0.5, 0.6) is 11.5 Å². The molecule has 1 atom stereocenters. The van der Waals surface area contributed by atoms with Gasteiger partial charge < -0.3 is 24.6 Å². The smallest absolute Gasteiger partial charge is 0.295 e. The first kappa shape index (κ1) is 24.8. The zero-order valence-corrected chi connectivity index (χ0v) is 20.2. The quantitative estimate of drug-likeness (QED) is 0.340. The summed E-state index contributed by atoms with van der Waals surface area (Å²) in [5, 5.41) is 21.4. The second kappa shape index (κ2) is 10.9. The van der Waals surface area contributed by atoms with E-state index in [-0.39, 0.29) is 22.8 Å². The highest BCUT2D eigenvalue weighted by Crippen LogP contribution is 2.41. The monoisotopic (exact) mass is 480 g/mol. The van der Waals surface area contributed by atoms with E-state index in [1.165, 1.54) is 11.0 Å². The first-order chi connectivity index (χ1) is 16.9. The van der Waals surface area contributed by atoms with E-state index in [9.17, 15) is 19.8 Å². The number of morpholine rings is 1. The summed E-state index contributed by atoms with van der Waals surface area (Å²) in [7, 11) is 0. The largest absolute Gasteiger partial charge is 0.507 e. The molecule has 35 heavy (non-hydrogen) atoms. The molecule has 0 spiro atoms. The van der Waals surface area contributed by atoms with Crippen molar-refractivity contribution < 1.29 is 29.3 Å². The molecule has 0 radical (unpaired) electrons. The van der Waals surface area contributed by atoms with E-state index in [1.807, 2.05) is 19.1 Å². The van der Waals surface area contributed by atoms with E-state index in [2.05, 4.69) is 4.90 Å². The maximum atomic E-state index is 13.2.